The summed E-state index contributed by atoms with van der Waals surface area (Å²) >= 11 is 11.4. The van der Waals surface area contributed by atoms with Gasteiger partial charge in [0.2, 0.25) is 0 Å². The largest absolute Gasteiger partial charge is 0.465 e. The van der Waals surface area contributed by atoms with Gasteiger partial charge in [-0.2, -0.15) is 0 Å². The van der Waals surface area contributed by atoms with Crippen molar-refractivity contribution in [3.63, 3.8) is 0 Å². The lowest BCUT2D eigenvalue weighted by atomic mass is 10.1. The standard InChI is InChI=1S/C14H16ClN3O3S/c1-5-6(2)18-11-9(12(19)17-14(18)22)8(13(20)21-4)10(15)7(3)16-11/h6H,5H2,1-4H3,(H,17,19,22)/t6-/m0/s1. The number of aromatic nitrogens is 3. The molecule has 0 bridgehead atoms. The van der Waals surface area contributed by atoms with E-state index < -0.39 is 11.5 Å². The van der Waals surface area contributed by atoms with E-state index >= 15 is 0 Å². The number of nitrogens with zero attached hydrogens (tertiary/aromatic N) is 2. The number of halogens is 1. The van der Waals surface area contributed by atoms with Gasteiger partial charge in [-0.3, -0.25) is 14.3 Å². The molecule has 8 heteroatoms. The molecule has 0 unspecified atom stereocenters. The summed E-state index contributed by atoms with van der Waals surface area (Å²) in [5.41, 5.74) is 0.284. The minimum Gasteiger partial charge on any atom is -0.465 e. The maximum atomic E-state index is 12.3. The van der Waals surface area contributed by atoms with Crippen LogP contribution in [0.3, 0.4) is 0 Å². The highest BCUT2D eigenvalue weighted by Gasteiger charge is 2.23. The molecule has 0 aliphatic heterocycles. The van der Waals surface area contributed by atoms with E-state index in [0.29, 0.717) is 11.3 Å². The number of carbonyl (C=O) groups excluding carboxylic acids is 1. The molecule has 0 spiro atoms. The first kappa shape index (κ1) is 16.6. The minimum absolute atomic E-state index is 0.00502. The van der Waals surface area contributed by atoms with E-state index in [0.717, 1.165) is 6.42 Å². The summed E-state index contributed by atoms with van der Waals surface area (Å²) in [5.74, 6) is -0.682. The molecule has 0 saturated carbocycles. The van der Waals surface area contributed by atoms with Gasteiger partial charge in [-0.15, -0.1) is 0 Å². The predicted octanol–water partition coefficient (Wildman–Crippen LogP) is 3.17. The van der Waals surface area contributed by atoms with Crippen LogP contribution in [-0.2, 0) is 4.74 Å². The molecule has 0 amide bonds. The molecule has 1 N–H and O–H groups in total. The monoisotopic (exact) mass is 341 g/mol. The van der Waals surface area contributed by atoms with Gasteiger partial charge in [-0.05, 0) is 32.5 Å². The Morgan fingerprint density at radius 2 is 2.18 bits per heavy atom. The second-order valence-electron chi connectivity index (χ2n) is 4.96. The van der Waals surface area contributed by atoms with Crippen LogP contribution in [0.2, 0.25) is 5.02 Å². The van der Waals surface area contributed by atoms with Crippen LogP contribution in [0.1, 0.15) is 42.4 Å². The van der Waals surface area contributed by atoms with Crippen LogP contribution in [0.15, 0.2) is 4.79 Å². The molecule has 0 aromatic carbocycles. The topological polar surface area (TPSA) is 77.0 Å². The van der Waals surface area contributed by atoms with Gasteiger partial charge in [-0.25, -0.2) is 9.78 Å². The number of ether oxygens (including phenoxy) is 1. The number of aryl methyl sites for hydroxylation is 1. The molecule has 118 valence electrons. The molecular formula is C14H16ClN3O3S. The van der Waals surface area contributed by atoms with Crippen LogP contribution in [0, 0.1) is 11.7 Å². The Kier molecular flexibility index (Phi) is 4.67. The lowest BCUT2D eigenvalue weighted by Gasteiger charge is -2.18. The first-order valence-electron chi connectivity index (χ1n) is 6.76. The van der Waals surface area contributed by atoms with Crippen molar-refractivity contribution < 1.29 is 9.53 Å². The van der Waals surface area contributed by atoms with Gasteiger partial charge in [0, 0.05) is 6.04 Å². The van der Waals surface area contributed by atoms with Crippen molar-refractivity contribution in [1.82, 2.24) is 14.5 Å². The third-order valence-electron chi connectivity index (χ3n) is 3.60. The third-order valence-corrected chi connectivity index (χ3v) is 4.36. The highest BCUT2D eigenvalue weighted by Crippen LogP contribution is 2.27. The van der Waals surface area contributed by atoms with Crippen molar-refractivity contribution in [1.29, 1.82) is 0 Å². The average molecular weight is 342 g/mol. The quantitative estimate of drug-likeness (QED) is 0.685. The maximum absolute atomic E-state index is 12.3. The van der Waals surface area contributed by atoms with Crippen LogP contribution in [-0.4, -0.2) is 27.6 Å². The molecule has 6 nitrogen and oxygen atoms in total. The molecule has 2 rings (SSSR count). The van der Waals surface area contributed by atoms with Crippen molar-refractivity contribution in [2.75, 3.05) is 7.11 Å². The molecule has 1 atom stereocenters. The van der Waals surface area contributed by atoms with E-state index in [-0.39, 0.29) is 26.8 Å². The molecule has 0 aliphatic rings. The molecule has 0 saturated heterocycles. The number of rotatable bonds is 3. The molecule has 2 heterocycles. The molecule has 0 radical (unpaired) electrons. The first-order chi connectivity index (χ1) is 10.3. The molecule has 0 aliphatic carbocycles. The average Bonchev–Trinajstić information content (AvgIpc) is 2.48. The summed E-state index contributed by atoms with van der Waals surface area (Å²) in [5, 5.41) is 0.203. The van der Waals surface area contributed by atoms with E-state index in [2.05, 4.69) is 9.97 Å². The Morgan fingerprint density at radius 3 is 2.73 bits per heavy atom. The van der Waals surface area contributed by atoms with Crippen molar-refractivity contribution >= 4 is 40.8 Å². The highest BCUT2D eigenvalue weighted by molar-refractivity contribution is 7.71. The summed E-state index contributed by atoms with van der Waals surface area (Å²) in [4.78, 5) is 31.3. The van der Waals surface area contributed by atoms with Gasteiger partial charge in [0.1, 0.15) is 5.65 Å². The Hall–Kier alpha value is -1.73. The van der Waals surface area contributed by atoms with Crippen LogP contribution in [0.4, 0.5) is 0 Å². The molecule has 2 aromatic heterocycles. The fourth-order valence-corrected chi connectivity index (χ4v) is 2.83. The third kappa shape index (κ3) is 2.55. The summed E-state index contributed by atoms with van der Waals surface area (Å²) in [6, 6.07) is 0.00502. The van der Waals surface area contributed by atoms with Gasteiger partial charge >= 0.3 is 5.97 Å². The Morgan fingerprint density at radius 1 is 1.55 bits per heavy atom. The zero-order valence-electron chi connectivity index (χ0n) is 12.7. The molecule has 2 aromatic rings. The number of pyridine rings is 1. The number of H-pyrrole nitrogens is 1. The maximum Gasteiger partial charge on any atom is 0.340 e. The smallest absolute Gasteiger partial charge is 0.340 e. The van der Waals surface area contributed by atoms with Crippen LogP contribution < -0.4 is 5.56 Å². The Labute approximate surface area is 137 Å². The van der Waals surface area contributed by atoms with E-state index in [1.807, 2.05) is 13.8 Å². The van der Waals surface area contributed by atoms with Crippen LogP contribution >= 0.6 is 23.8 Å². The Bertz CT molecular complexity index is 872. The highest BCUT2D eigenvalue weighted by atomic mass is 35.5. The van der Waals surface area contributed by atoms with Crippen molar-refractivity contribution in [3.05, 3.63) is 31.4 Å². The molecule has 0 fully saturated rings. The summed E-state index contributed by atoms with van der Waals surface area (Å²) in [6.07, 6.45) is 0.784. The normalized spacial score (nSPS) is 12.4. The van der Waals surface area contributed by atoms with Crippen LogP contribution in [0.25, 0.3) is 11.0 Å². The van der Waals surface area contributed by atoms with Crippen LogP contribution in [0.5, 0.6) is 0 Å². The summed E-state index contributed by atoms with van der Waals surface area (Å²) in [7, 11) is 1.23. The van der Waals surface area contributed by atoms with E-state index in [1.165, 1.54) is 7.11 Å². The number of hydrogen-bond acceptors (Lipinski definition) is 5. The van der Waals surface area contributed by atoms with E-state index in [9.17, 15) is 9.59 Å². The van der Waals surface area contributed by atoms with E-state index in [4.69, 9.17) is 28.6 Å². The number of hydrogen-bond donors (Lipinski definition) is 1. The summed E-state index contributed by atoms with van der Waals surface area (Å²) < 4.78 is 6.74. The fraction of sp³-hybridized carbons (Fsp3) is 0.429. The number of esters is 1. The molecular weight excluding hydrogens is 326 g/mol. The van der Waals surface area contributed by atoms with Gasteiger partial charge in [0.05, 0.1) is 28.8 Å². The lowest BCUT2D eigenvalue weighted by molar-refractivity contribution is 0.0603. The number of carbonyl (C=O) groups is 1. The zero-order valence-corrected chi connectivity index (χ0v) is 14.3. The van der Waals surface area contributed by atoms with Gasteiger partial charge < -0.3 is 4.74 Å². The number of aromatic amines is 1. The first-order valence-corrected chi connectivity index (χ1v) is 7.55. The second kappa shape index (κ2) is 6.18. The Balaban J connectivity index is 3.11. The van der Waals surface area contributed by atoms with Crippen molar-refractivity contribution in [2.24, 2.45) is 0 Å². The second-order valence-corrected chi connectivity index (χ2v) is 5.73. The van der Waals surface area contributed by atoms with Gasteiger partial charge in [0.25, 0.3) is 5.56 Å². The summed E-state index contributed by atoms with van der Waals surface area (Å²) in [6.45, 7) is 5.61. The number of nitrogens with one attached hydrogen (secondary N) is 1. The van der Waals surface area contributed by atoms with Gasteiger partial charge in [0.15, 0.2) is 4.77 Å². The lowest BCUT2D eigenvalue weighted by Crippen LogP contribution is -2.21. The van der Waals surface area contributed by atoms with Gasteiger partial charge in [-0.1, -0.05) is 18.5 Å². The molecule has 22 heavy (non-hydrogen) atoms. The fourth-order valence-electron chi connectivity index (χ4n) is 2.26. The predicted molar refractivity (Wildman–Crippen MR) is 87.3 cm³/mol. The van der Waals surface area contributed by atoms with Crippen molar-refractivity contribution in [2.45, 2.75) is 33.2 Å². The van der Waals surface area contributed by atoms with Crippen molar-refractivity contribution in [3.8, 4) is 0 Å². The van der Waals surface area contributed by atoms with E-state index in [1.54, 1.807) is 11.5 Å². The zero-order chi connectivity index (χ0) is 16.6. The number of methoxy groups -OCH3 is 1. The minimum atomic E-state index is -0.682. The number of fused-ring (bicyclic) bond motifs is 1. The SMILES string of the molecule is CC[C@H](C)n1c(=S)[nH]c(=O)c2c(C(=O)OC)c(Cl)c(C)nc21.